The Morgan fingerprint density at radius 3 is 2.40 bits per heavy atom. The van der Waals surface area contributed by atoms with Crippen molar-refractivity contribution in [2.75, 3.05) is 0 Å². The van der Waals surface area contributed by atoms with Gasteiger partial charge in [-0.25, -0.2) is 0 Å². The van der Waals surface area contributed by atoms with Crippen LogP contribution in [0.2, 0.25) is 0 Å². The zero-order chi connectivity index (χ0) is 7.40. The predicted octanol–water partition coefficient (Wildman–Crippen LogP) is 2.36. The summed E-state index contributed by atoms with van der Waals surface area (Å²) in [4.78, 5) is 10.3. The minimum Gasteiger partial charge on any atom is -0.302 e. The van der Waals surface area contributed by atoms with Gasteiger partial charge in [-0.3, -0.25) is 0 Å². The third-order valence-electron chi connectivity index (χ3n) is 1.24. The Hall–Kier alpha value is -0.380. The highest BCUT2D eigenvalue weighted by Crippen LogP contribution is 2.19. The molecule has 1 atom stereocenters. The maximum Gasteiger partial charge on any atom is 0.137 e. The molecule has 0 radical (unpaired) electrons. The van der Waals surface area contributed by atoms with Crippen molar-refractivity contribution in [3.8, 4) is 0 Å². The Morgan fingerprint density at radius 2 is 1.90 bits per heavy atom. The highest BCUT2D eigenvalue weighted by atomic mass is 127. The molecule has 1 rings (SSSR count). The summed E-state index contributed by atoms with van der Waals surface area (Å²) in [7, 11) is 0. The number of hydrogen-bond acceptors (Lipinski definition) is 1. The molecule has 0 aliphatic heterocycles. The number of hydrogen-bond donors (Lipinski definition) is 0. The van der Waals surface area contributed by atoms with Crippen molar-refractivity contribution in [3.63, 3.8) is 0 Å². The summed E-state index contributed by atoms with van der Waals surface area (Å²) >= 11 is 2.10. The van der Waals surface area contributed by atoms with Crippen molar-refractivity contribution < 1.29 is 4.79 Å². The summed E-state index contributed by atoms with van der Waals surface area (Å²) in [6.45, 7) is 0. The fourth-order valence-electron chi connectivity index (χ4n) is 0.715. The molecular formula is C8H7IO. The van der Waals surface area contributed by atoms with E-state index in [4.69, 9.17) is 0 Å². The van der Waals surface area contributed by atoms with Gasteiger partial charge in [0.05, 0.1) is 3.92 Å². The SMILES string of the molecule is O=CC(I)c1ccccc1. The minimum atomic E-state index is -0.00111. The van der Waals surface area contributed by atoms with Crippen LogP contribution in [-0.4, -0.2) is 6.29 Å². The number of aldehydes is 1. The first kappa shape index (κ1) is 7.72. The topological polar surface area (TPSA) is 17.1 Å². The molecule has 1 aromatic rings. The van der Waals surface area contributed by atoms with Crippen molar-refractivity contribution in [2.24, 2.45) is 0 Å². The molecule has 0 N–H and O–H groups in total. The molecule has 0 saturated carbocycles. The van der Waals surface area contributed by atoms with E-state index < -0.39 is 0 Å². The number of rotatable bonds is 2. The number of halogens is 1. The summed E-state index contributed by atoms with van der Waals surface area (Å²) < 4.78 is -0.00111. The van der Waals surface area contributed by atoms with Crippen LogP contribution in [0.5, 0.6) is 0 Å². The molecule has 0 bridgehead atoms. The molecule has 2 heteroatoms. The smallest absolute Gasteiger partial charge is 0.137 e. The van der Waals surface area contributed by atoms with E-state index in [1.165, 1.54) is 0 Å². The highest BCUT2D eigenvalue weighted by Gasteiger charge is 2.01. The van der Waals surface area contributed by atoms with Gasteiger partial charge in [0.1, 0.15) is 6.29 Å². The zero-order valence-corrected chi connectivity index (χ0v) is 7.49. The summed E-state index contributed by atoms with van der Waals surface area (Å²) in [6, 6.07) is 9.71. The lowest BCUT2D eigenvalue weighted by Crippen LogP contribution is -1.87. The van der Waals surface area contributed by atoms with E-state index in [0.717, 1.165) is 11.8 Å². The average molecular weight is 246 g/mol. The molecule has 1 nitrogen and oxygen atoms in total. The van der Waals surface area contributed by atoms with Gasteiger partial charge >= 0.3 is 0 Å². The van der Waals surface area contributed by atoms with E-state index >= 15 is 0 Å². The van der Waals surface area contributed by atoms with Crippen LogP contribution < -0.4 is 0 Å². The Labute approximate surface area is 73.6 Å². The third-order valence-corrected chi connectivity index (χ3v) is 2.25. The molecule has 0 heterocycles. The van der Waals surface area contributed by atoms with Gasteiger partial charge in [0, 0.05) is 0 Å². The highest BCUT2D eigenvalue weighted by molar-refractivity contribution is 14.1. The normalized spacial score (nSPS) is 12.5. The van der Waals surface area contributed by atoms with E-state index in [9.17, 15) is 4.79 Å². The number of carbonyl (C=O) groups excluding carboxylic acids is 1. The van der Waals surface area contributed by atoms with Gasteiger partial charge in [0.15, 0.2) is 0 Å². The van der Waals surface area contributed by atoms with Crippen molar-refractivity contribution >= 4 is 28.9 Å². The molecule has 1 unspecified atom stereocenters. The monoisotopic (exact) mass is 246 g/mol. The molecule has 52 valence electrons. The van der Waals surface area contributed by atoms with E-state index in [1.807, 2.05) is 30.3 Å². The van der Waals surface area contributed by atoms with Crippen molar-refractivity contribution in [1.29, 1.82) is 0 Å². The zero-order valence-electron chi connectivity index (χ0n) is 5.33. The molecular weight excluding hydrogens is 239 g/mol. The van der Waals surface area contributed by atoms with E-state index in [1.54, 1.807) is 0 Å². The van der Waals surface area contributed by atoms with Crippen molar-refractivity contribution in [2.45, 2.75) is 3.92 Å². The second kappa shape index (κ2) is 3.71. The molecule has 0 amide bonds. The standard InChI is InChI=1S/C8H7IO/c9-8(6-10)7-4-2-1-3-5-7/h1-6,8H. The Balaban J connectivity index is 2.84. The number of carbonyl (C=O) groups is 1. The summed E-state index contributed by atoms with van der Waals surface area (Å²) in [5.41, 5.74) is 1.07. The van der Waals surface area contributed by atoms with Gasteiger partial charge in [-0.1, -0.05) is 52.9 Å². The maximum atomic E-state index is 10.3. The van der Waals surface area contributed by atoms with Gasteiger partial charge in [-0.2, -0.15) is 0 Å². The molecule has 0 aliphatic carbocycles. The van der Waals surface area contributed by atoms with Gasteiger partial charge in [-0.15, -0.1) is 0 Å². The van der Waals surface area contributed by atoms with Gasteiger partial charge in [0.2, 0.25) is 0 Å². The molecule has 0 saturated heterocycles. The second-order valence-corrected chi connectivity index (χ2v) is 3.29. The first-order valence-corrected chi connectivity index (χ1v) is 4.23. The fraction of sp³-hybridized carbons (Fsp3) is 0.125. The predicted molar refractivity (Wildman–Crippen MR) is 49.3 cm³/mol. The molecule has 0 fully saturated rings. The van der Waals surface area contributed by atoms with Gasteiger partial charge < -0.3 is 4.79 Å². The van der Waals surface area contributed by atoms with Crippen LogP contribution in [0.1, 0.15) is 9.49 Å². The fourth-order valence-corrected chi connectivity index (χ4v) is 1.13. The van der Waals surface area contributed by atoms with Crippen molar-refractivity contribution in [3.05, 3.63) is 35.9 Å². The Morgan fingerprint density at radius 1 is 1.30 bits per heavy atom. The molecule has 0 aromatic heterocycles. The van der Waals surface area contributed by atoms with Gasteiger partial charge in [-0.05, 0) is 5.56 Å². The van der Waals surface area contributed by atoms with E-state index in [2.05, 4.69) is 22.6 Å². The Bertz CT molecular complexity index is 208. The van der Waals surface area contributed by atoms with Crippen LogP contribution in [0, 0.1) is 0 Å². The molecule has 1 aromatic carbocycles. The average Bonchev–Trinajstić information content (AvgIpc) is 2.05. The molecule has 0 aliphatic rings. The lowest BCUT2D eigenvalue weighted by Gasteiger charge is -1.98. The first-order chi connectivity index (χ1) is 4.84. The summed E-state index contributed by atoms with van der Waals surface area (Å²) in [5.74, 6) is 0. The van der Waals surface area contributed by atoms with E-state index in [-0.39, 0.29) is 3.92 Å². The van der Waals surface area contributed by atoms with Crippen LogP contribution >= 0.6 is 22.6 Å². The number of alkyl halides is 1. The quantitative estimate of drug-likeness (QED) is 0.444. The number of benzene rings is 1. The second-order valence-electron chi connectivity index (χ2n) is 1.95. The first-order valence-electron chi connectivity index (χ1n) is 2.99. The van der Waals surface area contributed by atoms with Crippen LogP contribution in [-0.2, 0) is 4.79 Å². The Kier molecular flexibility index (Phi) is 2.86. The minimum absolute atomic E-state index is 0.00111. The summed E-state index contributed by atoms with van der Waals surface area (Å²) in [5, 5.41) is 0. The maximum absolute atomic E-state index is 10.3. The lowest BCUT2D eigenvalue weighted by molar-refractivity contribution is -0.107. The third kappa shape index (κ3) is 1.80. The van der Waals surface area contributed by atoms with Gasteiger partial charge in [0.25, 0.3) is 0 Å². The van der Waals surface area contributed by atoms with Crippen LogP contribution in [0.4, 0.5) is 0 Å². The summed E-state index contributed by atoms with van der Waals surface area (Å²) in [6.07, 6.45) is 0.940. The molecule has 10 heavy (non-hydrogen) atoms. The van der Waals surface area contributed by atoms with Crippen molar-refractivity contribution in [1.82, 2.24) is 0 Å². The largest absolute Gasteiger partial charge is 0.302 e. The van der Waals surface area contributed by atoms with Crippen LogP contribution in [0.15, 0.2) is 30.3 Å². The lowest BCUT2D eigenvalue weighted by atomic mass is 10.2. The van der Waals surface area contributed by atoms with Crippen LogP contribution in [0.25, 0.3) is 0 Å². The van der Waals surface area contributed by atoms with Crippen LogP contribution in [0.3, 0.4) is 0 Å². The van der Waals surface area contributed by atoms with E-state index in [0.29, 0.717) is 0 Å². The molecule has 0 spiro atoms.